The van der Waals surface area contributed by atoms with Gasteiger partial charge in [-0.05, 0) is 36.1 Å². The molecule has 0 spiro atoms. The molecular formula is C12H12N2S. The van der Waals surface area contributed by atoms with Crippen LogP contribution in [0, 0.1) is 6.92 Å². The van der Waals surface area contributed by atoms with Crippen molar-refractivity contribution in [1.29, 1.82) is 0 Å². The largest absolute Gasteiger partial charge is 0.278 e. The van der Waals surface area contributed by atoms with Crippen molar-refractivity contribution in [2.24, 2.45) is 5.10 Å². The van der Waals surface area contributed by atoms with E-state index in [4.69, 9.17) is 0 Å². The number of anilines is 1. The lowest BCUT2D eigenvalue weighted by Crippen LogP contribution is -1.89. The van der Waals surface area contributed by atoms with Gasteiger partial charge < -0.3 is 0 Å². The lowest BCUT2D eigenvalue weighted by molar-refractivity contribution is 1.33. The summed E-state index contributed by atoms with van der Waals surface area (Å²) in [5, 5.41) is 6.20. The molecule has 0 saturated heterocycles. The van der Waals surface area contributed by atoms with E-state index < -0.39 is 0 Å². The number of nitrogens with zero attached hydrogens (tertiary/aromatic N) is 1. The molecule has 0 bridgehead atoms. The van der Waals surface area contributed by atoms with Crippen molar-refractivity contribution in [3.63, 3.8) is 0 Å². The second kappa shape index (κ2) is 4.75. The maximum Gasteiger partial charge on any atom is 0.0644 e. The van der Waals surface area contributed by atoms with E-state index in [1.807, 2.05) is 35.9 Å². The zero-order valence-electron chi connectivity index (χ0n) is 8.47. The maximum atomic E-state index is 4.16. The van der Waals surface area contributed by atoms with E-state index in [2.05, 4.69) is 29.6 Å². The maximum absolute atomic E-state index is 4.16. The van der Waals surface area contributed by atoms with Gasteiger partial charge in [0, 0.05) is 4.88 Å². The predicted octanol–water partition coefficient (Wildman–Crippen LogP) is 3.50. The number of benzene rings is 1. The summed E-state index contributed by atoms with van der Waals surface area (Å²) in [7, 11) is 0. The van der Waals surface area contributed by atoms with Gasteiger partial charge in [-0.25, -0.2) is 0 Å². The number of hydrogen-bond acceptors (Lipinski definition) is 3. The fraction of sp³-hybridized carbons (Fsp3) is 0.0833. The van der Waals surface area contributed by atoms with Crippen LogP contribution in [0.1, 0.15) is 10.4 Å². The Hall–Kier alpha value is -1.61. The van der Waals surface area contributed by atoms with E-state index in [9.17, 15) is 0 Å². The summed E-state index contributed by atoms with van der Waals surface area (Å²) in [4.78, 5) is 1.15. The molecule has 0 saturated carbocycles. The highest BCUT2D eigenvalue weighted by molar-refractivity contribution is 7.11. The van der Waals surface area contributed by atoms with E-state index in [1.165, 1.54) is 5.56 Å². The van der Waals surface area contributed by atoms with Crippen molar-refractivity contribution in [2.45, 2.75) is 6.92 Å². The first-order chi connectivity index (χ1) is 7.34. The summed E-state index contributed by atoms with van der Waals surface area (Å²) in [5.41, 5.74) is 5.24. The number of rotatable bonds is 3. The first-order valence-electron chi connectivity index (χ1n) is 4.74. The Morgan fingerprint density at radius 1 is 1.27 bits per heavy atom. The van der Waals surface area contributed by atoms with Crippen molar-refractivity contribution < 1.29 is 0 Å². The molecule has 1 aromatic heterocycles. The van der Waals surface area contributed by atoms with Crippen LogP contribution in [0.3, 0.4) is 0 Å². The lowest BCUT2D eigenvalue weighted by Gasteiger charge is -1.99. The van der Waals surface area contributed by atoms with Crippen LogP contribution in [-0.4, -0.2) is 6.21 Å². The Kier molecular flexibility index (Phi) is 3.15. The van der Waals surface area contributed by atoms with E-state index in [1.54, 1.807) is 11.3 Å². The zero-order valence-corrected chi connectivity index (χ0v) is 9.29. The standard InChI is InChI=1S/C12H12N2S/c1-10-4-2-5-11(8-10)14-13-9-12-6-3-7-15-12/h2-9,14H,1H3/b13-9-. The molecule has 1 heterocycles. The topological polar surface area (TPSA) is 24.4 Å². The molecule has 0 fully saturated rings. The van der Waals surface area contributed by atoms with Crippen LogP contribution in [0.4, 0.5) is 5.69 Å². The number of aryl methyl sites for hydroxylation is 1. The number of hydrogen-bond donors (Lipinski definition) is 1. The molecule has 76 valence electrons. The zero-order chi connectivity index (χ0) is 10.5. The quantitative estimate of drug-likeness (QED) is 0.616. The predicted molar refractivity (Wildman–Crippen MR) is 66.7 cm³/mol. The summed E-state index contributed by atoms with van der Waals surface area (Å²) >= 11 is 1.67. The van der Waals surface area contributed by atoms with Gasteiger partial charge in [-0.2, -0.15) is 5.10 Å². The molecule has 0 aliphatic rings. The highest BCUT2D eigenvalue weighted by atomic mass is 32.1. The van der Waals surface area contributed by atoms with Crippen LogP contribution in [0.5, 0.6) is 0 Å². The first-order valence-corrected chi connectivity index (χ1v) is 5.62. The van der Waals surface area contributed by atoms with Gasteiger partial charge in [0.25, 0.3) is 0 Å². The van der Waals surface area contributed by atoms with Crippen molar-refractivity contribution in [3.05, 3.63) is 52.2 Å². The number of nitrogens with one attached hydrogen (secondary N) is 1. The molecule has 2 aromatic rings. The summed E-state index contributed by atoms with van der Waals surface area (Å²) < 4.78 is 0. The minimum absolute atomic E-state index is 1.02. The molecular weight excluding hydrogens is 204 g/mol. The van der Waals surface area contributed by atoms with Gasteiger partial charge in [0.1, 0.15) is 0 Å². The van der Waals surface area contributed by atoms with Crippen molar-refractivity contribution in [2.75, 3.05) is 5.43 Å². The van der Waals surface area contributed by atoms with Gasteiger partial charge in [-0.1, -0.05) is 18.2 Å². The SMILES string of the molecule is Cc1cccc(N/N=C\c2cccs2)c1. The smallest absolute Gasteiger partial charge is 0.0644 e. The second-order valence-corrected chi connectivity index (χ2v) is 4.23. The molecule has 2 nitrogen and oxygen atoms in total. The molecule has 1 N–H and O–H groups in total. The third-order valence-corrected chi connectivity index (χ3v) is 2.75. The molecule has 15 heavy (non-hydrogen) atoms. The third kappa shape index (κ3) is 2.92. The summed E-state index contributed by atoms with van der Waals surface area (Å²) in [5.74, 6) is 0. The van der Waals surface area contributed by atoms with Crippen LogP contribution >= 0.6 is 11.3 Å². The Bertz CT molecular complexity index is 446. The molecule has 0 radical (unpaired) electrons. The average molecular weight is 216 g/mol. The fourth-order valence-electron chi connectivity index (χ4n) is 1.25. The van der Waals surface area contributed by atoms with Gasteiger partial charge in [-0.15, -0.1) is 11.3 Å². The highest BCUT2D eigenvalue weighted by Gasteiger charge is 1.89. The van der Waals surface area contributed by atoms with Crippen molar-refractivity contribution in [3.8, 4) is 0 Å². The van der Waals surface area contributed by atoms with Crippen LogP contribution in [0.25, 0.3) is 0 Å². The minimum atomic E-state index is 1.02. The van der Waals surface area contributed by atoms with Gasteiger partial charge >= 0.3 is 0 Å². The first kappa shape index (κ1) is 9.93. The third-order valence-electron chi connectivity index (χ3n) is 1.95. The molecule has 2 rings (SSSR count). The minimum Gasteiger partial charge on any atom is -0.278 e. The summed E-state index contributed by atoms with van der Waals surface area (Å²) in [6.45, 7) is 2.06. The van der Waals surface area contributed by atoms with Crippen molar-refractivity contribution >= 4 is 23.2 Å². The van der Waals surface area contributed by atoms with Crippen LogP contribution < -0.4 is 5.43 Å². The Morgan fingerprint density at radius 2 is 2.20 bits per heavy atom. The highest BCUT2D eigenvalue weighted by Crippen LogP contribution is 2.09. The van der Waals surface area contributed by atoms with Crippen LogP contribution in [0.15, 0.2) is 46.9 Å². The molecule has 0 unspecified atom stereocenters. The lowest BCUT2D eigenvalue weighted by atomic mass is 10.2. The molecule has 3 heteroatoms. The van der Waals surface area contributed by atoms with E-state index >= 15 is 0 Å². The molecule has 0 aliphatic carbocycles. The normalized spacial score (nSPS) is 10.7. The Morgan fingerprint density at radius 3 is 2.93 bits per heavy atom. The van der Waals surface area contributed by atoms with Gasteiger partial charge in [0.2, 0.25) is 0 Å². The number of hydrazone groups is 1. The van der Waals surface area contributed by atoms with Crippen LogP contribution in [-0.2, 0) is 0 Å². The number of thiophene rings is 1. The summed E-state index contributed by atoms with van der Waals surface area (Å²) in [6.07, 6.45) is 1.83. The fourth-order valence-corrected chi connectivity index (χ4v) is 1.83. The molecule has 0 amide bonds. The molecule has 0 atom stereocenters. The second-order valence-electron chi connectivity index (χ2n) is 3.25. The van der Waals surface area contributed by atoms with E-state index in [0.29, 0.717) is 0 Å². The Labute approximate surface area is 93.3 Å². The Balaban J connectivity index is 1.99. The van der Waals surface area contributed by atoms with Gasteiger partial charge in [0.15, 0.2) is 0 Å². The summed E-state index contributed by atoms with van der Waals surface area (Å²) in [6, 6.07) is 12.2. The van der Waals surface area contributed by atoms with Gasteiger partial charge in [0.05, 0.1) is 11.9 Å². The van der Waals surface area contributed by atoms with Crippen LogP contribution in [0.2, 0.25) is 0 Å². The average Bonchev–Trinajstić information content (AvgIpc) is 2.71. The van der Waals surface area contributed by atoms with E-state index in [0.717, 1.165) is 10.6 Å². The van der Waals surface area contributed by atoms with Gasteiger partial charge in [-0.3, -0.25) is 5.43 Å². The van der Waals surface area contributed by atoms with E-state index in [-0.39, 0.29) is 0 Å². The molecule has 1 aromatic carbocycles. The molecule has 0 aliphatic heterocycles. The monoisotopic (exact) mass is 216 g/mol. The van der Waals surface area contributed by atoms with Crippen molar-refractivity contribution in [1.82, 2.24) is 0 Å².